The lowest BCUT2D eigenvalue weighted by atomic mass is 10.1. The van der Waals surface area contributed by atoms with E-state index < -0.39 is 5.82 Å². The molecule has 2 aromatic carbocycles. The van der Waals surface area contributed by atoms with Crippen LogP contribution >= 0.6 is 11.6 Å². The van der Waals surface area contributed by atoms with Gasteiger partial charge in [-0.3, -0.25) is 0 Å². The SMILES string of the molecule is CC[C@H]1C=Cc2c(/N=C(\N)c3cc(F)ccc3N)nc(-c3ccccc3Cl)nc2O1. The third kappa shape index (κ3) is 3.84. The van der Waals surface area contributed by atoms with Crippen molar-refractivity contribution < 1.29 is 9.13 Å². The van der Waals surface area contributed by atoms with Gasteiger partial charge in [0.05, 0.1) is 10.6 Å². The number of rotatable bonds is 4. The number of aliphatic imine (C=N–C) groups is 1. The molecule has 0 saturated carbocycles. The van der Waals surface area contributed by atoms with Crippen molar-refractivity contribution >= 4 is 35.0 Å². The molecule has 1 atom stereocenters. The van der Waals surface area contributed by atoms with Crippen LogP contribution in [0.3, 0.4) is 0 Å². The highest BCUT2D eigenvalue weighted by molar-refractivity contribution is 6.33. The highest BCUT2D eigenvalue weighted by atomic mass is 35.5. The summed E-state index contributed by atoms with van der Waals surface area (Å²) in [6.45, 7) is 2.01. The Bertz CT molecular complexity index is 1180. The summed E-state index contributed by atoms with van der Waals surface area (Å²) in [7, 11) is 0. The quantitative estimate of drug-likeness (QED) is 0.358. The van der Waals surface area contributed by atoms with E-state index in [1.165, 1.54) is 18.2 Å². The van der Waals surface area contributed by atoms with Crippen LogP contribution < -0.4 is 16.2 Å². The van der Waals surface area contributed by atoms with Gasteiger partial charge in [0.1, 0.15) is 17.8 Å². The van der Waals surface area contributed by atoms with Crippen LogP contribution in [0.25, 0.3) is 17.5 Å². The number of hydrogen-bond acceptors (Lipinski definition) is 5. The number of nitrogens with zero attached hydrogens (tertiary/aromatic N) is 3. The Balaban J connectivity index is 1.89. The minimum absolute atomic E-state index is 0.0315. The molecule has 0 saturated heterocycles. The molecule has 8 heteroatoms. The molecule has 6 nitrogen and oxygen atoms in total. The van der Waals surface area contributed by atoms with E-state index in [1.807, 2.05) is 31.2 Å². The lowest BCUT2D eigenvalue weighted by Gasteiger charge is -2.21. The number of amidine groups is 1. The number of anilines is 1. The van der Waals surface area contributed by atoms with E-state index >= 15 is 0 Å². The molecule has 0 fully saturated rings. The molecule has 1 aliphatic rings. The van der Waals surface area contributed by atoms with Crippen molar-refractivity contribution in [1.82, 2.24) is 9.97 Å². The predicted octanol–water partition coefficient (Wildman–Crippen LogP) is 4.74. The number of ether oxygens (including phenoxy) is 1. The number of hydrogen-bond donors (Lipinski definition) is 2. The molecule has 4 rings (SSSR count). The fraction of sp³-hybridized carbons (Fsp3) is 0.136. The van der Waals surface area contributed by atoms with E-state index in [9.17, 15) is 4.39 Å². The van der Waals surface area contributed by atoms with Gasteiger partial charge in [-0.25, -0.2) is 14.4 Å². The van der Waals surface area contributed by atoms with Gasteiger partial charge in [0.15, 0.2) is 11.6 Å². The highest BCUT2D eigenvalue weighted by Crippen LogP contribution is 2.36. The van der Waals surface area contributed by atoms with E-state index in [1.54, 1.807) is 12.1 Å². The van der Waals surface area contributed by atoms with Crippen LogP contribution in [0.2, 0.25) is 5.02 Å². The predicted molar refractivity (Wildman–Crippen MR) is 117 cm³/mol. The van der Waals surface area contributed by atoms with Gasteiger partial charge >= 0.3 is 0 Å². The fourth-order valence-electron chi connectivity index (χ4n) is 3.05. The van der Waals surface area contributed by atoms with Gasteiger partial charge in [-0.2, -0.15) is 4.98 Å². The lowest BCUT2D eigenvalue weighted by Crippen LogP contribution is -2.18. The molecule has 2 heterocycles. The topological polar surface area (TPSA) is 99.4 Å². The second kappa shape index (κ2) is 8.12. The van der Waals surface area contributed by atoms with Gasteiger partial charge in [-0.05, 0) is 48.9 Å². The molecular formula is C22H19ClFN5O. The normalized spacial score (nSPS) is 15.6. The monoisotopic (exact) mass is 423 g/mol. The Kier molecular flexibility index (Phi) is 5.37. The van der Waals surface area contributed by atoms with Crippen molar-refractivity contribution in [2.24, 2.45) is 10.7 Å². The summed E-state index contributed by atoms with van der Waals surface area (Å²) in [5, 5.41) is 0.494. The zero-order valence-corrected chi connectivity index (χ0v) is 16.9. The number of halogens is 2. The molecule has 0 unspecified atom stereocenters. The molecule has 0 spiro atoms. The Labute approximate surface area is 178 Å². The van der Waals surface area contributed by atoms with Gasteiger partial charge < -0.3 is 16.2 Å². The smallest absolute Gasteiger partial charge is 0.227 e. The van der Waals surface area contributed by atoms with Crippen LogP contribution in [0.4, 0.5) is 15.9 Å². The van der Waals surface area contributed by atoms with Crippen LogP contribution in [0.5, 0.6) is 5.88 Å². The first-order chi connectivity index (χ1) is 14.5. The highest BCUT2D eigenvalue weighted by Gasteiger charge is 2.22. The summed E-state index contributed by atoms with van der Waals surface area (Å²) in [6.07, 6.45) is 4.43. The summed E-state index contributed by atoms with van der Waals surface area (Å²) >= 11 is 6.34. The molecule has 1 aliphatic heterocycles. The Morgan fingerprint density at radius 1 is 1.23 bits per heavy atom. The maximum Gasteiger partial charge on any atom is 0.227 e. The molecule has 0 amide bonds. The maximum absolute atomic E-state index is 13.7. The lowest BCUT2D eigenvalue weighted by molar-refractivity contribution is 0.232. The van der Waals surface area contributed by atoms with Gasteiger partial charge in [0, 0.05) is 16.8 Å². The number of fused-ring (bicyclic) bond motifs is 1. The first kappa shape index (κ1) is 19.8. The second-order valence-corrected chi connectivity index (χ2v) is 7.13. The van der Waals surface area contributed by atoms with Gasteiger partial charge in [-0.1, -0.05) is 30.7 Å². The Hall–Kier alpha value is -3.45. The van der Waals surface area contributed by atoms with Crippen LogP contribution in [0.15, 0.2) is 53.5 Å². The Morgan fingerprint density at radius 2 is 2.03 bits per heavy atom. The molecule has 0 radical (unpaired) electrons. The van der Waals surface area contributed by atoms with Gasteiger partial charge in [-0.15, -0.1) is 0 Å². The minimum atomic E-state index is -0.465. The van der Waals surface area contributed by atoms with E-state index in [0.29, 0.717) is 33.5 Å². The summed E-state index contributed by atoms with van der Waals surface area (Å²) in [5.41, 5.74) is 13.9. The van der Waals surface area contributed by atoms with Crippen LogP contribution in [0.1, 0.15) is 24.5 Å². The standard InChI is InChI=1S/C22H19ClFN5O/c1-2-13-8-9-15-21(27-19(26)16-11-12(24)7-10-18(16)25)28-20(29-22(15)30-13)14-5-3-4-6-17(14)23/h3-11,13H,2,25H2,1H3,(H2,26,27,28,29)/t13-/m0/s1. The third-order valence-corrected chi connectivity index (χ3v) is 5.00. The number of nitrogens with two attached hydrogens (primary N) is 2. The summed E-state index contributed by atoms with van der Waals surface area (Å²) in [4.78, 5) is 13.5. The maximum atomic E-state index is 13.7. The van der Waals surface area contributed by atoms with E-state index in [-0.39, 0.29) is 23.3 Å². The Morgan fingerprint density at radius 3 is 2.80 bits per heavy atom. The molecule has 152 valence electrons. The van der Waals surface area contributed by atoms with E-state index in [4.69, 9.17) is 27.8 Å². The average Bonchev–Trinajstić information content (AvgIpc) is 2.75. The summed E-state index contributed by atoms with van der Waals surface area (Å²) in [6, 6.07) is 11.1. The van der Waals surface area contributed by atoms with Crippen molar-refractivity contribution in [3.05, 3.63) is 70.5 Å². The molecular weight excluding hydrogens is 405 g/mol. The van der Waals surface area contributed by atoms with Crippen LogP contribution in [-0.2, 0) is 0 Å². The zero-order chi connectivity index (χ0) is 21.3. The van der Waals surface area contributed by atoms with Crippen molar-refractivity contribution in [2.45, 2.75) is 19.4 Å². The largest absolute Gasteiger partial charge is 0.470 e. The first-order valence-electron chi connectivity index (χ1n) is 9.37. The molecule has 0 bridgehead atoms. The summed E-state index contributed by atoms with van der Waals surface area (Å²) in [5.74, 6) is 0.579. The molecule has 3 aromatic rings. The van der Waals surface area contributed by atoms with Crippen molar-refractivity contribution in [3.8, 4) is 17.3 Å². The van der Waals surface area contributed by atoms with E-state index in [2.05, 4.69) is 15.0 Å². The summed E-state index contributed by atoms with van der Waals surface area (Å²) < 4.78 is 19.7. The number of aromatic nitrogens is 2. The zero-order valence-electron chi connectivity index (χ0n) is 16.1. The second-order valence-electron chi connectivity index (χ2n) is 6.72. The number of nitrogen functional groups attached to an aromatic ring is 1. The van der Waals surface area contributed by atoms with Crippen LogP contribution in [-0.4, -0.2) is 21.9 Å². The fourth-order valence-corrected chi connectivity index (χ4v) is 3.27. The number of benzene rings is 2. The third-order valence-electron chi connectivity index (χ3n) is 4.67. The van der Waals surface area contributed by atoms with Gasteiger partial charge in [0.2, 0.25) is 5.88 Å². The minimum Gasteiger partial charge on any atom is -0.470 e. The van der Waals surface area contributed by atoms with Crippen LogP contribution in [0, 0.1) is 5.82 Å². The molecule has 1 aromatic heterocycles. The van der Waals surface area contributed by atoms with Crippen molar-refractivity contribution in [1.29, 1.82) is 0 Å². The first-order valence-corrected chi connectivity index (χ1v) is 9.75. The molecule has 0 aliphatic carbocycles. The van der Waals surface area contributed by atoms with E-state index in [0.717, 1.165) is 6.42 Å². The van der Waals surface area contributed by atoms with Gasteiger partial charge in [0.25, 0.3) is 0 Å². The molecule has 4 N–H and O–H groups in total. The molecule has 30 heavy (non-hydrogen) atoms. The average molecular weight is 424 g/mol. The van der Waals surface area contributed by atoms with Crippen molar-refractivity contribution in [3.63, 3.8) is 0 Å². The van der Waals surface area contributed by atoms with Crippen molar-refractivity contribution in [2.75, 3.05) is 5.73 Å².